The number of carbonyl (C=O) groups is 2. The Bertz CT molecular complexity index is 1090. The van der Waals surface area contributed by atoms with Crippen LogP contribution in [0.1, 0.15) is 22.3 Å². The molecule has 0 aromatic heterocycles. The van der Waals surface area contributed by atoms with Gasteiger partial charge in [0.1, 0.15) is 6.04 Å². The Morgan fingerprint density at radius 2 is 1.71 bits per heavy atom. The third-order valence-electron chi connectivity index (χ3n) is 5.67. The van der Waals surface area contributed by atoms with Gasteiger partial charge in [0.2, 0.25) is 5.91 Å². The minimum absolute atomic E-state index is 0.0930. The van der Waals surface area contributed by atoms with Crippen LogP contribution in [0.3, 0.4) is 0 Å². The number of anilines is 2. The first kappa shape index (κ1) is 20.7. The van der Waals surface area contributed by atoms with Crippen molar-refractivity contribution < 1.29 is 9.59 Å². The molecule has 5 heteroatoms. The molecule has 4 rings (SSSR count). The summed E-state index contributed by atoms with van der Waals surface area (Å²) in [7, 11) is 0. The molecular formula is C26H27N3O2. The molecule has 1 aliphatic rings. The zero-order valence-corrected chi connectivity index (χ0v) is 17.9. The van der Waals surface area contributed by atoms with E-state index in [2.05, 4.69) is 16.7 Å². The molecule has 0 fully saturated rings. The Kier molecular flexibility index (Phi) is 6.03. The number of aryl methyl sites for hydroxylation is 2. The molecule has 158 valence electrons. The number of nitrogens with one attached hydrogen (secondary N) is 2. The normalized spacial score (nSPS) is 13.4. The summed E-state index contributed by atoms with van der Waals surface area (Å²) >= 11 is 0. The number of hydrogen-bond acceptors (Lipinski definition) is 2. The van der Waals surface area contributed by atoms with Gasteiger partial charge < -0.3 is 15.5 Å². The highest BCUT2D eigenvalue weighted by Gasteiger charge is 2.31. The van der Waals surface area contributed by atoms with E-state index in [4.69, 9.17) is 0 Å². The van der Waals surface area contributed by atoms with Gasteiger partial charge in [-0.3, -0.25) is 4.79 Å². The quantitative estimate of drug-likeness (QED) is 0.641. The van der Waals surface area contributed by atoms with Crippen LogP contribution in [0, 0.1) is 13.8 Å². The van der Waals surface area contributed by atoms with Crippen molar-refractivity contribution in [3.63, 3.8) is 0 Å². The Balaban J connectivity index is 1.54. The van der Waals surface area contributed by atoms with Crippen molar-refractivity contribution in [2.45, 2.75) is 32.7 Å². The van der Waals surface area contributed by atoms with Gasteiger partial charge in [-0.2, -0.15) is 0 Å². The summed E-state index contributed by atoms with van der Waals surface area (Å²) in [6, 6.07) is 22.5. The molecule has 1 aliphatic heterocycles. The van der Waals surface area contributed by atoms with Gasteiger partial charge in [0, 0.05) is 24.3 Å². The maximum absolute atomic E-state index is 13.5. The molecule has 0 radical (unpaired) electrons. The number of urea groups is 1. The van der Waals surface area contributed by atoms with Crippen LogP contribution < -0.4 is 15.5 Å². The highest BCUT2D eigenvalue weighted by molar-refractivity contribution is 6.02. The lowest BCUT2D eigenvalue weighted by atomic mass is 10.0. The number of fused-ring (bicyclic) bond motifs is 1. The largest absolute Gasteiger partial charge is 0.326 e. The molecule has 0 aliphatic carbocycles. The van der Waals surface area contributed by atoms with Gasteiger partial charge >= 0.3 is 6.03 Å². The Labute approximate surface area is 183 Å². The van der Waals surface area contributed by atoms with Crippen LogP contribution in [0.25, 0.3) is 0 Å². The number of benzene rings is 3. The molecule has 31 heavy (non-hydrogen) atoms. The summed E-state index contributed by atoms with van der Waals surface area (Å²) < 4.78 is 0. The molecule has 1 atom stereocenters. The number of nitrogens with zero attached hydrogens (tertiary/aromatic N) is 1. The zero-order valence-electron chi connectivity index (χ0n) is 17.9. The predicted molar refractivity (Wildman–Crippen MR) is 125 cm³/mol. The zero-order chi connectivity index (χ0) is 21.8. The van der Waals surface area contributed by atoms with E-state index in [0.29, 0.717) is 13.0 Å². The van der Waals surface area contributed by atoms with Crippen molar-refractivity contribution in [3.05, 3.63) is 95.1 Å². The molecule has 0 saturated heterocycles. The molecule has 3 aromatic carbocycles. The molecule has 1 unspecified atom stereocenters. The maximum Gasteiger partial charge on any atom is 0.319 e. The van der Waals surface area contributed by atoms with E-state index in [1.54, 1.807) is 4.90 Å². The molecular weight excluding hydrogens is 386 g/mol. The number of hydrogen-bond donors (Lipinski definition) is 2. The average Bonchev–Trinajstić information content (AvgIpc) is 3.20. The lowest BCUT2D eigenvalue weighted by molar-refractivity contribution is -0.120. The summed E-state index contributed by atoms with van der Waals surface area (Å²) in [5.74, 6) is -0.0930. The van der Waals surface area contributed by atoms with Gasteiger partial charge in [0.25, 0.3) is 0 Å². The highest BCUT2D eigenvalue weighted by atomic mass is 16.2. The van der Waals surface area contributed by atoms with Gasteiger partial charge in [-0.05, 0) is 49.1 Å². The first-order valence-corrected chi connectivity index (χ1v) is 10.6. The van der Waals surface area contributed by atoms with Crippen molar-refractivity contribution >= 4 is 23.3 Å². The van der Waals surface area contributed by atoms with Crippen LogP contribution in [-0.4, -0.2) is 24.5 Å². The standard InChI is InChI=1S/C26H27N3O2/c1-18-12-13-22(19(2)16-18)27-26(31)28-23(17-20-8-4-3-5-9-20)25(30)29-15-14-21-10-6-7-11-24(21)29/h3-13,16,23H,14-15,17H2,1-2H3,(H2,27,28,31). The molecule has 3 aromatic rings. The summed E-state index contributed by atoms with van der Waals surface area (Å²) in [6.45, 7) is 4.60. The first-order valence-electron chi connectivity index (χ1n) is 10.6. The van der Waals surface area contributed by atoms with Crippen LogP contribution in [0.15, 0.2) is 72.8 Å². The van der Waals surface area contributed by atoms with E-state index >= 15 is 0 Å². The molecule has 1 heterocycles. The Hall–Kier alpha value is -3.60. The molecule has 0 saturated carbocycles. The van der Waals surface area contributed by atoms with E-state index in [9.17, 15) is 9.59 Å². The molecule has 5 nitrogen and oxygen atoms in total. The second kappa shape index (κ2) is 9.04. The fraction of sp³-hybridized carbons (Fsp3) is 0.231. The lowest BCUT2D eigenvalue weighted by Crippen LogP contribution is -2.50. The number of rotatable bonds is 5. The third kappa shape index (κ3) is 4.77. The van der Waals surface area contributed by atoms with Gasteiger partial charge in [-0.25, -0.2) is 4.79 Å². The summed E-state index contributed by atoms with van der Waals surface area (Å²) in [6.07, 6.45) is 1.26. The van der Waals surface area contributed by atoms with E-state index < -0.39 is 6.04 Å². The van der Waals surface area contributed by atoms with Crippen molar-refractivity contribution in [1.82, 2.24) is 5.32 Å². The number of para-hydroxylation sites is 1. The molecule has 2 N–H and O–H groups in total. The summed E-state index contributed by atoms with van der Waals surface area (Å²) in [4.78, 5) is 28.1. The summed E-state index contributed by atoms with van der Waals surface area (Å²) in [5, 5.41) is 5.82. The number of amides is 3. The van der Waals surface area contributed by atoms with Crippen LogP contribution in [0.4, 0.5) is 16.2 Å². The molecule has 3 amide bonds. The predicted octanol–water partition coefficient (Wildman–Crippen LogP) is 4.63. The second-order valence-electron chi connectivity index (χ2n) is 8.03. The van der Waals surface area contributed by atoms with Crippen molar-refractivity contribution in [3.8, 4) is 0 Å². The monoisotopic (exact) mass is 413 g/mol. The first-order chi connectivity index (χ1) is 15.0. The topological polar surface area (TPSA) is 61.4 Å². The molecule has 0 spiro atoms. The van der Waals surface area contributed by atoms with Crippen LogP contribution in [0.5, 0.6) is 0 Å². The third-order valence-corrected chi connectivity index (χ3v) is 5.67. The fourth-order valence-electron chi connectivity index (χ4n) is 4.08. The van der Waals surface area contributed by atoms with E-state index in [1.165, 1.54) is 0 Å². The Morgan fingerprint density at radius 3 is 2.48 bits per heavy atom. The Morgan fingerprint density at radius 1 is 0.968 bits per heavy atom. The van der Waals surface area contributed by atoms with Gasteiger partial charge in [-0.1, -0.05) is 66.2 Å². The maximum atomic E-state index is 13.5. The van der Waals surface area contributed by atoms with Crippen molar-refractivity contribution in [2.75, 3.05) is 16.8 Å². The minimum atomic E-state index is -0.667. The smallest absolute Gasteiger partial charge is 0.319 e. The van der Waals surface area contributed by atoms with Gasteiger partial charge in [-0.15, -0.1) is 0 Å². The number of carbonyl (C=O) groups excluding carboxylic acids is 2. The SMILES string of the molecule is Cc1ccc(NC(=O)NC(Cc2ccccc2)C(=O)N2CCc3ccccc32)c(C)c1. The molecule has 0 bridgehead atoms. The second-order valence-corrected chi connectivity index (χ2v) is 8.03. The van der Waals surface area contributed by atoms with Gasteiger partial charge in [0.15, 0.2) is 0 Å². The highest BCUT2D eigenvalue weighted by Crippen LogP contribution is 2.28. The fourth-order valence-corrected chi connectivity index (χ4v) is 4.08. The van der Waals surface area contributed by atoms with Crippen LogP contribution in [0.2, 0.25) is 0 Å². The summed E-state index contributed by atoms with van der Waals surface area (Å²) in [5.41, 5.74) is 5.94. The lowest BCUT2D eigenvalue weighted by Gasteiger charge is -2.25. The van der Waals surface area contributed by atoms with Gasteiger partial charge in [0.05, 0.1) is 0 Å². The van der Waals surface area contributed by atoms with Crippen molar-refractivity contribution in [2.24, 2.45) is 0 Å². The van der Waals surface area contributed by atoms with E-state index in [1.807, 2.05) is 80.6 Å². The minimum Gasteiger partial charge on any atom is -0.326 e. The van der Waals surface area contributed by atoms with Crippen molar-refractivity contribution in [1.29, 1.82) is 0 Å². The van der Waals surface area contributed by atoms with E-state index in [0.717, 1.165) is 40.0 Å². The van der Waals surface area contributed by atoms with Crippen LogP contribution >= 0.6 is 0 Å². The average molecular weight is 414 g/mol. The van der Waals surface area contributed by atoms with E-state index in [-0.39, 0.29) is 11.9 Å². The van der Waals surface area contributed by atoms with Crippen LogP contribution in [-0.2, 0) is 17.6 Å².